The van der Waals surface area contributed by atoms with Crippen LogP contribution < -0.4 is 10.0 Å². The Kier molecular flexibility index (Phi) is 7.30. The quantitative estimate of drug-likeness (QED) is 0.441. The van der Waals surface area contributed by atoms with E-state index in [0.29, 0.717) is 35.3 Å². The molecular formula is C21H23ClN2O4S. The van der Waals surface area contributed by atoms with Crippen LogP contribution in [0.25, 0.3) is 6.08 Å². The van der Waals surface area contributed by atoms with Gasteiger partial charge in [0.25, 0.3) is 10.0 Å². The van der Waals surface area contributed by atoms with E-state index in [1.807, 2.05) is 0 Å². The van der Waals surface area contributed by atoms with E-state index >= 15 is 0 Å². The number of rotatable bonds is 10. The normalized spacial score (nSPS) is 14.1. The third-order valence-corrected chi connectivity index (χ3v) is 6.04. The summed E-state index contributed by atoms with van der Waals surface area (Å²) in [6.07, 6.45) is 5.52. The lowest BCUT2D eigenvalue weighted by atomic mass is 10.2. The van der Waals surface area contributed by atoms with E-state index in [4.69, 9.17) is 16.3 Å². The molecule has 0 radical (unpaired) electrons. The third kappa shape index (κ3) is 6.88. The van der Waals surface area contributed by atoms with Gasteiger partial charge < -0.3 is 10.1 Å². The molecule has 1 saturated carbocycles. The molecule has 0 heterocycles. The maximum atomic E-state index is 12.5. The zero-order chi connectivity index (χ0) is 20.7. The molecular weight excluding hydrogens is 412 g/mol. The van der Waals surface area contributed by atoms with Crippen LogP contribution in [0.15, 0.2) is 59.5 Å². The highest BCUT2D eigenvalue weighted by molar-refractivity contribution is 7.92. The molecule has 6 nitrogen and oxygen atoms in total. The van der Waals surface area contributed by atoms with E-state index in [1.54, 1.807) is 42.5 Å². The Morgan fingerprint density at radius 3 is 2.55 bits per heavy atom. The summed E-state index contributed by atoms with van der Waals surface area (Å²) in [7, 11) is -3.75. The Morgan fingerprint density at radius 2 is 1.86 bits per heavy atom. The molecule has 29 heavy (non-hydrogen) atoms. The molecule has 0 bridgehead atoms. The van der Waals surface area contributed by atoms with Crippen LogP contribution in [0.1, 0.15) is 18.4 Å². The second-order valence-electron chi connectivity index (χ2n) is 6.80. The van der Waals surface area contributed by atoms with Crippen molar-refractivity contribution in [1.29, 1.82) is 0 Å². The van der Waals surface area contributed by atoms with Gasteiger partial charge >= 0.3 is 0 Å². The summed E-state index contributed by atoms with van der Waals surface area (Å²) in [6.45, 7) is 1.73. The number of hydrogen-bond donors (Lipinski definition) is 2. The van der Waals surface area contributed by atoms with Gasteiger partial charge in [-0.05, 0) is 54.7 Å². The van der Waals surface area contributed by atoms with E-state index < -0.39 is 10.0 Å². The molecule has 8 heteroatoms. The van der Waals surface area contributed by atoms with Crippen molar-refractivity contribution in [3.05, 3.63) is 65.2 Å². The fourth-order valence-corrected chi connectivity index (χ4v) is 3.84. The first-order chi connectivity index (χ1) is 13.9. The topological polar surface area (TPSA) is 84.5 Å². The van der Waals surface area contributed by atoms with Crippen molar-refractivity contribution in [1.82, 2.24) is 5.32 Å². The highest BCUT2D eigenvalue weighted by Gasteiger charge is 2.20. The number of carbonyl (C=O) groups excluding carboxylic acids is 1. The fraction of sp³-hybridized carbons (Fsp3) is 0.286. The fourth-order valence-electron chi connectivity index (χ4n) is 2.52. The monoisotopic (exact) mass is 434 g/mol. The van der Waals surface area contributed by atoms with Gasteiger partial charge in [-0.15, -0.1) is 0 Å². The minimum absolute atomic E-state index is 0.104. The number of benzene rings is 2. The summed E-state index contributed by atoms with van der Waals surface area (Å²) in [5.74, 6) is 0.481. The summed E-state index contributed by atoms with van der Waals surface area (Å²) in [6, 6.07) is 12.8. The number of nitrogens with one attached hydrogen (secondary N) is 2. The van der Waals surface area contributed by atoms with Gasteiger partial charge in [0.05, 0.1) is 22.2 Å². The Labute approximate surface area is 176 Å². The van der Waals surface area contributed by atoms with Crippen molar-refractivity contribution in [3.63, 3.8) is 0 Å². The predicted molar refractivity (Wildman–Crippen MR) is 114 cm³/mol. The molecule has 1 aliphatic carbocycles. The minimum atomic E-state index is -3.75. The first-order valence-electron chi connectivity index (χ1n) is 9.35. The van der Waals surface area contributed by atoms with Gasteiger partial charge in [0.15, 0.2) is 0 Å². The molecule has 2 N–H and O–H groups in total. The molecule has 0 spiro atoms. The van der Waals surface area contributed by atoms with Crippen LogP contribution in [0.4, 0.5) is 5.69 Å². The first-order valence-corrected chi connectivity index (χ1v) is 11.2. The number of amides is 1. The molecule has 2 aromatic rings. The average Bonchev–Trinajstić information content (AvgIpc) is 3.52. The number of ether oxygens (including phenoxy) is 1. The van der Waals surface area contributed by atoms with Gasteiger partial charge in [-0.25, -0.2) is 8.42 Å². The van der Waals surface area contributed by atoms with Crippen molar-refractivity contribution in [2.24, 2.45) is 5.92 Å². The van der Waals surface area contributed by atoms with E-state index in [2.05, 4.69) is 10.0 Å². The second kappa shape index (κ2) is 9.91. The summed E-state index contributed by atoms with van der Waals surface area (Å²) in [5.41, 5.74) is 1.03. The summed E-state index contributed by atoms with van der Waals surface area (Å²) in [5, 5.41) is 3.07. The van der Waals surface area contributed by atoms with Crippen LogP contribution in [-0.2, 0) is 19.6 Å². The zero-order valence-corrected chi connectivity index (χ0v) is 17.4. The SMILES string of the molecule is O=C(/C=C/c1ccc(S(=O)(=O)Nc2ccccc2Cl)cc1)NCCOCC1CC1. The molecule has 1 aliphatic rings. The highest BCUT2D eigenvalue weighted by atomic mass is 35.5. The lowest BCUT2D eigenvalue weighted by molar-refractivity contribution is -0.116. The molecule has 0 unspecified atom stereocenters. The van der Waals surface area contributed by atoms with E-state index in [9.17, 15) is 13.2 Å². The standard InChI is InChI=1S/C21H23ClN2O4S/c22-19-3-1-2-4-20(19)24-29(26,27)18-10-7-16(8-11-18)9-12-21(25)23-13-14-28-15-17-5-6-17/h1-4,7-12,17,24H,5-6,13-15H2,(H,23,25)/b12-9+. The van der Waals surface area contributed by atoms with Gasteiger partial charge in [-0.3, -0.25) is 9.52 Å². The largest absolute Gasteiger partial charge is 0.379 e. The summed E-state index contributed by atoms with van der Waals surface area (Å²) < 4.78 is 32.9. The lowest BCUT2D eigenvalue weighted by Gasteiger charge is -2.09. The van der Waals surface area contributed by atoms with Crippen LogP contribution in [0.2, 0.25) is 5.02 Å². The highest BCUT2D eigenvalue weighted by Crippen LogP contribution is 2.28. The van der Waals surface area contributed by atoms with Gasteiger partial charge in [0, 0.05) is 19.2 Å². The van der Waals surface area contributed by atoms with Crippen LogP contribution in [0.3, 0.4) is 0 Å². The number of hydrogen-bond acceptors (Lipinski definition) is 4. The number of halogens is 1. The lowest BCUT2D eigenvalue weighted by Crippen LogP contribution is -2.25. The molecule has 0 atom stereocenters. The van der Waals surface area contributed by atoms with Gasteiger partial charge in [-0.1, -0.05) is 35.9 Å². The molecule has 3 rings (SSSR count). The maximum Gasteiger partial charge on any atom is 0.261 e. The number of para-hydroxylation sites is 1. The number of anilines is 1. The Bertz CT molecular complexity index is 970. The van der Waals surface area contributed by atoms with Crippen LogP contribution >= 0.6 is 11.6 Å². The molecule has 1 amide bonds. The van der Waals surface area contributed by atoms with Crippen molar-refractivity contribution in [2.75, 3.05) is 24.5 Å². The van der Waals surface area contributed by atoms with Crippen molar-refractivity contribution < 1.29 is 17.9 Å². The minimum Gasteiger partial charge on any atom is -0.379 e. The van der Waals surface area contributed by atoms with Crippen LogP contribution in [-0.4, -0.2) is 34.1 Å². The number of sulfonamides is 1. The first kappa shape index (κ1) is 21.4. The Hall–Kier alpha value is -2.35. The molecule has 0 aliphatic heterocycles. The van der Waals surface area contributed by atoms with E-state index in [-0.39, 0.29) is 10.8 Å². The van der Waals surface area contributed by atoms with Crippen LogP contribution in [0, 0.1) is 5.92 Å². The molecule has 1 fully saturated rings. The predicted octanol–water partition coefficient (Wildman–Crippen LogP) is 3.70. The van der Waals surface area contributed by atoms with Crippen LogP contribution in [0.5, 0.6) is 0 Å². The zero-order valence-electron chi connectivity index (χ0n) is 15.8. The third-order valence-electron chi connectivity index (χ3n) is 4.33. The van der Waals surface area contributed by atoms with E-state index in [1.165, 1.54) is 31.1 Å². The number of carbonyl (C=O) groups is 1. The summed E-state index contributed by atoms with van der Waals surface area (Å²) in [4.78, 5) is 11.9. The van der Waals surface area contributed by atoms with Crippen molar-refractivity contribution in [3.8, 4) is 0 Å². The van der Waals surface area contributed by atoms with E-state index in [0.717, 1.165) is 6.61 Å². The van der Waals surface area contributed by atoms with Crippen molar-refractivity contribution >= 4 is 39.3 Å². The second-order valence-corrected chi connectivity index (χ2v) is 8.89. The maximum absolute atomic E-state index is 12.5. The molecule has 154 valence electrons. The Balaban J connectivity index is 1.50. The Morgan fingerprint density at radius 1 is 1.14 bits per heavy atom. The van der Waals surface area contributed by atoms with Gasteiger partial charge in [-0.2, -0.15) is 0 Å². The van der Waals surface area contributed by atoms with Crippen molar-refractivity contribution in [2.45, 2.75) is 17.7 Å². The smallest absolute Gasteiger partial charge is 0.261 e. The van der Waals surface area contributed by atoms with Gasteiger partial charge in [0.2, 0.25) is 5.91 Å². The molecule has 0 aromatic heterocycles. The average molecular weight is 435 g/mol. The molecule has 2 aromatic carbocycles. The van der Waals surface area contributed by atoms with Gasteiger partial charge in [0.1, 0.15) is 0 Å². The molecule has 0 saturated heterocycles. The summed E-state index contributed by atoms with van der Waals surface area (Å²) >= 11 is 6.00.